The third-order valence-corrected chi connectivity index (χ3v) is 2.58. The zero-order chi connectivity index (χ0) is 14.7. The monoisotopic (exact) mass is 282 g/mol. The zero-order valence-corrected chi connectivity index (χ0v) is 10.1. The highest BCUT2D eigenvalue weighted by molar-refractivity contribution is 5.91. The fourth-order valence-electron chi connectivity index (χ4n) is 1.62. The molecule has 6 heteroatoms. The Balaban J connectivity index is 2.34. The van der Waals surface area contributed by atoms with Crippen molar-refractivity contribution in [2.75, 3.05) is 0 Å². The van der Waals surface area contributed by atoms with Crippen LogP contribution in [0.5, 0.6) is 5.75 Å². The first-order chi connectivity index (χ1) is 9.50. The summed E-state index contributed by atoms with van der Waals surface area (Å²) >= 11 is 0. The lowest BCUT2D eigenvalue weighted by Gasteiger charge is -2.10. The molecule has 0 unspecified atom stereocenters. The molecule has 0 aliphatic carbocycles. The van der Waals surface area contributed by atoms with Crippen molar-refractivity contribution in [2.24, 2.45) is 0 Å². The molecule has 2 aromatic rings. The summed E-state index contributed by atoms with van der Waals surface area (Å²) in [4.78, 5) is 10.9. The number of carbonyl (C=O) groups is 1. The van der Waals surface area contributed by atoms with E-state index in [0.717, 1.165) is 0 Å². The van der Waals surface area contributed by atoms with Crippen molar-refractivity contribution >= 4 is 5.97 Å². The van der Waals surface area contributed by atoms with Crippen LogP contribution < -0.4 is 4.74 Å². The van der Waals surface area contributed by atoms with Crippen LogP contribution in [-0.2, 0) is 6.61 Å². The van der Waals surface area contributed by atoms with Gasteiger partial charge < -0.3 is 9.84 Å². The lowest BCUT2D eigenvalue weighted by atomic mass is 10.1. The molecule has 0 saturated heterocycles. The van der Waals surface area contributed by atoms with E-state index in [9.17, 15) is 18.0 Å². The average Bonchev–Trinajstić information content (AvgIpc) is 2.43. The minimum atomic E-state index is -1.84. The van der Waals surface area contributed by atoms with E-state index in [2.05, 4.69) is 0 Å². The third kappa shape index (κ3) is 2.74. The molecule has 2 rings (SSSR count). The number of carboxylic acids is 1. The highest BCUT2D eigenvalue weighted by atomic mass is 19.2. The number of hydrogen-bond donors (Lipinski definition) is 1. The van der Waals surface area contributed by atoms with Crippen molar-refractivity contribution in [1.29, 1.82) is 0 Å². The van der Waals surface area contributed by atoms with Crippen LogP contribution in [0.4, 0.5) is 13.2 Å². The van der Waals surface area contributed by atoms with Gasteiger partial charge in [0, 0.05) is 6.07 Å². The van der Waals surface area contributed by atoms with Gasteiger partial charge in [0.05, 0.1) is 0 Å². The van der Waals surface area contributed by atoms with Crippen LogP contribution in [0.1, 0.15) is 15.9 Å². The van der Waals surface area contributed by atoms with Gasteiger partial charge in [-0.1, -0.05) is 30.3 Å². The molecule has 0 saturated carbocycles. The highest BCUT2D eigenvalue weighted by Crippen LogP contribution is 2.27. The van der Waals surface area contributed by atoms with Crippen molar-refractivity contribution in [2.45, 2.75) is 6.61 Å². The molecule has 0 heterocycles. The molecule has 2 aromatic carbocycles. The Kier molecular flexibility index (Phi) is 3.93. The molecule has 3 nitrogen and oxygen atoms in total. The van der Waals surface area contributed by atoms with Gasteiger partial charge in [-0.2, -0.15) is 0 Å². The maximum Gasteiger partial charge on any atom is 0.342 e. The van der Waals surface area contributed by atoms with E-state index in [-0.39, 0.29) is 6.61 Å². The lowest BCUT2D eigenvalue weighted by molar-refractivity contribution is 0.0684. The highest BCUT2D eigenvalue weighted by Gasteiger charge is 2.24. The van der Waals surface area contributed by atoms with Gasteiger partial charge in [0.1, 0.15) is 17.9 Å². The first kappa shape index (κ1) is 13.9. The summed E-state index contributed by atoms with van der Waals surface area (Å²) in [5.41, 5.74) is -0.353. The fourth-order valence-corrected chi connectivity index (χ4v) is 1.62. The Morgan fingerprint density at radius 2 is 1.75 bits per heavy atom. The molecule has 0 spiro atoms. The smallest absolute Gasteiger partial charge is 0.342 e. The van der Waals surface area contributed by atoms with Gasteiger partial charge in [-0.25, -0.2) is 18.0 Å². The molecule has 1 N–H and O–H groups in total. The van der Waals surface area contributed by atoms with Gasteiger partial charge in [0.15, 0.2) is 17.5 Å². The summed E-state index contributed by atoms with van der Waals surface area (Å²) in [7, 11) is 0. The second kappa shape index (κ2) is 5.64. The number of ether oxygens (including phenoxy) is 1. The van der Waals surface area contributed by atoms with Crippen molar-refractivity contribution in [1.82, 2.24) is 0 Å². The topological polar surface area (TPSA) is 46.5 Å². The van der Waals surface area contributed by atoms with Crippen LogP contribution >= 0.6 is 0 Å². The normalized spacial score (nSPS) is 10.3. The number of halogens is 3. The molecule has 0 fully saturated rings. The van der Waals surface area contributed by atoms with E-state index >= 15 is 0 Å². The maximum absolute atomic E-state index is 13.4. The van der Waals surface area contributed by atoms with Crippen molar-refractivity contribution in [3.8, 4) is 5.75 Å². The first-order valence-electron chi connectivity index (χ1n) is 5.58. The second-order valence-corrected chi connectivity index (χ2v) is 3.94. The molecule has 0 aliphatic rings. The molecule has 0 aliphatic heterocycles. The predicted octanol–water partition coefficient (Wildman–Crippen LogP) is 3.38. The Bertz CT molecular complexity index is 642. The van der Waals surface area contributed by atoms with Crippen LogP contribution in [0, 0.1) is 17.5 Å². The Labute approximate surface area is 112 Å². The van der Waals surface area contributed by atoms with Gasteiger partial charge in [-0.15, -0.1) is 0 Å². The van der Waals surface area contributed by atoms with E-state index in [1.165, 1.54) is 0 Å². The number of benzene rings is 2. The van der Waals surface area contributed by atoms with Gasteiger partial charge in [-0.05, 0) is 5.56 Å². The quantitative estimate of drug-likeness (QED) is 0.874. The summed E-state index contributed by atoms with van der Waals surface area (Å²) in [6.45, 7) is -0.0916. The van der Waals surface area contributed by atoms with Crippen LogP contribution in [0.25, 0.3) is 0 Å². The van der Waals surface area contributed by atoms with E-state index in [1.54, 1.807) is 30.3 Å². The zero-order valence-electron chi connectivity index (χ0n) is 10.1. The summed E-state index contributed by atoms with van der Waals surface area (Å²) in [5, 5.41) is 8.85. The van der Waals surface area contributed by atoms with E-state index in [0.29, 0.717) is 11.6 Å². The van der Waals surface area contributed by atoms with Crippen LogP contribution in [-0.4, -0.2) is 11.1 Å². The van der Waals surface area contributed by atoms with Gasteiger partial charge in [-0.3, -0.25) is 0 Å². The van der Waals surface area contributed by atoms with Gasteiger partial charge >= 0.3 is 5.97 Å². The molecule has 0 amide bonds. The van der Waals surface area contributed by atoms with Gasteiger partial charge in [0.25, 0.3) is 0 Å². The molecule has 0 aromatic heterocycles. The largest absolute Gasteiger partial charge is 0.488 e. The summed E-state index contributed by atoms with van der Waals surface area (Å²) in [6, 6.07) is 9.12. The predicted molar refractivity (Wildman–Crippen MR) is 64.0 cm³/mol. The number of aromatic carboxylic acids is 1. The van der Waals surface area contributed by atoms with Crippen molar-refractivity contribution in [3.63, 3.8) is 0 Å². The SMILES string of the molecule is O=C(O)c1c(OCc2ccccc2)cc(F)c(F)c1F. The van der Waals surface area contributed by atoms with Crippen LogP contribution in [0.15, 0.2) is 36.4 Å². The van der Waals surface area contributed by atoms with E-state index < -0.39 is 34.7 Å². The first-order valence-corrected chi connectivity index (χ1v) is 5.58. The number of hydrogen-bond acceptors (Lipinski definition) is 2. The van der Waals surface area contributed by atoms with Crippen molar-refractivity contribution < 1.29 is 27.8 Å². The Hall–Kier alpha value is -2.50. The van der Waals surface area contributed by atoms with Crippen LogP contribution in [0.2, 0.25) is 0 Å². The van der Waals surface area contributed by atoms with Crippen molar-refractivity contribution in [3.05, 3.63) is 65.0 Å². The Morgan fingerprint density at radius 1 is 1.10 bits per heavy atom. The second-order valence-electron chi connectivity index (χ2n) is 3.94. The maximum atomic E-state index is 13.4. The molecular weight excluding hydrogens is 273 g/mol. The third-order valence-electron chi connectivity index (χ3n) is 2.58. The number of carboxylic acid groups (broad SMARTS) is 1. The molecular formula is C14H9F3O3. The lowest BCUT2D eigenvalue weighted by Crippen LogP contribution is -2.09. The minimum Gasteiger partial charge on any atom is -0.488 e. The molecule has 104 valence electrons. The Morgan fingerprint density at radius 3 is 2.35 bits per heavy atom. The summed E-state index contributed by atoms with van der Waals surface area (Å²) in [5.74, 6) is -7.41. The summed E-state index contributed by atoms with van der Waals surface area (Å²) < 4.78 is 44.6. The van der Waals surface area contributed by atoms with E-state index in [4.69, 9.17) is 9.84 Å². The minimum absolute atomic E-state index is 0.0916. The molecule has 0 bridgehead atoms. The number of rotatable bonds is 4. The fraction of sp³-hybridized carbons (Fsp3) is 0.0714. The van der Waals surface area contributed by atoms with Gasteiger partial charge in [0.2, 0.25) is 0 Å². The molecule has 0 atom stereocenters. The standard InChI is InChI=1S/C14H9F3O3/c15-9-6-10(11(14(18)19)13(17)12(9)16)20-7-8-4-2-1-3-5-8/h1-6H,7H2,(H,18,19). The average molecular weight is 282 g/mol. The van der Waals surface area contributed by atoms with E-state index in [1.807, 2.05) is 0 Å². The van der Waals surface area contributed by atoms with Crippen LogP contribution in [0.3, 0.4) is 0 Å². The summed E-state index contributed by atoms with van der Waals surface area (Å²) in [6.07, 6.45) is 0. The molecule has 0 radical (unpaired) electrons. The molecule has 20 heavy (non-hydrogen) atoms.